The Labute approximate surface area is 188 Å². The van der Waals surface area contributed by atoms with Crippen molar-refractivity contribution < 1.29 is 9.47 Å². The standard InChI is InChI=1S/C22H34N4O2S2/c1-5-22(4)13-16-17(14-28-22)30-20-18(16)19(24-21(25-20)29-15(2)3)23-7-6-8-26-9-11-27-12-10-26/h15H,5-14H2,1-4H3,(H,23,24,25)/t22-/m0/s1. The number of hydrogen-bond donors (Lipinski definition) is 1. The van der Waals surface area contributed by atoms with Gasteiger partial charge in [-0.1, -0.05) is 32.5 Å². The fourth-order valence-corrected chi connectivity index (χ4v) is 5.88. The first-order valence-corrected chi connectivity index (χ1v) is 12.8. The lowest BCUT2D eigenvalue weighted by Gasteiger charge is -2.33. The van der Waals surface area contributed by atoms with E-state index in [1.165, 1.54) is 15.8 Å². The van der Waals surface area contributed by atoms with Crippen molar-refractivity contribution in [1.29, 1.82) is 0 Å². The summed E-state index contributed by atoms with van der Waals surface area (Å²) in [5.74, 6) is 1.00. The van der Waals surface area contributed by atoms with Crippen LogP contribution in [-0.2, 0) is 22.5 Å². The predicted octanol–water partition coefficient (Wildman–Crippen LogP) is 4.57. The van der Waals surface area contributed by atoms with E-state index in [1.807, 2.05) is 0 Å². The van der Waals surface area contributed by atoms with Gasteiger partial charge in [-0.2, -0.15) is 0 Å². The average molecular weight is 451 g/mol. The molecule has 2 aromatic heterocycles. The zero-order valence-electron chi connectivity index (χ0n) is 18.6. The minimum absolute atomic E-state index is 0.0973. The number of rotatable bonds is 8. The minimum Gasteiger partial charge on any atom is -0.379 e. The van der Waals surface area contributed by atoms with Gasteiger partial charge in [0, 0.05) is 36.2 Å². The first kappa shape index (κ1) is 22.3. The van der Waals surface area contributed by atoms with E-state index in [9.17, 15) is 0 Å². The highest BCUT2D eigenvalue weighted by molar-refractivity contribution is 7.99. The molecule has 0 spiro atoms. The van der Waals surface area contributed by atoms with Crippen molar-refractivity contribution in [1.82, 2.24) is 14.9 Å². The van der Waals surface area contributed by atoms with Gasteiger partial charge in [0.15, 0.2) is 5.16 Å². The molecular weight excluding hydrogens is 416 g/mol. The van der Waals surface area contributed by atoms with Crippen molar-refractivity contribution in [2.24, 2.45) is 0 Å². The maximum absolute atomic E-state index is 6.19. The van der Waals surface area contributed by atoms with Crippen molar-refractivity contribution in [3.05, 3.63) is 10.4 Å². The summed E-state index contributed by atoms with van der Waals surface area (Å²) >= 11 is 3.51. The number of nitrogens with one attached hydrogen (secondary N) is 1. The Balaban J connectivity index is 1.56. The fourth-order valence-electron chi connectivity index (χ4n) is 4.01. The SMILES string of the molecule is CC[C@@]1(C)Cc2c(sc3nc(SC(C)C)nc(NCCCN4CCOCC4)c23)CO1. The number of thioether (sulfide) groups is 1. The summed E-state index contributed by atoms with van der Waals surface area (Å²) in [7, 11) is 0. The van der Waals surface area contributed by atoms with Crippen molar-refractivity contribution >= 4 is 39.1 Å². The summed E-state index contributed by atoms with van der Waals surface area (Å²) in [5, 5.41) is 6.21. The van der Waals surface area contributed by atoms with Crippen molar-refractivity contribution in [2.75, 3.05) is 44.7 Å². The highest BCUT2D eigenvalue weighted by atomic mass is 32.2. The number of thiophene rings is 1. The topological polar surface area (TPSA) is 59.5 Å². The van der Waals surface area contributed by atoms with E-state index in [4.69, 9.17) is 19.4 Å². The molecule has 2 aromatic rings. The van der Waals surface area contributed by atoms with E-state index < -0.39 is 0 Å². The Hall–Kier alpha value is -0.930. The summed E-state index contributed by atoms with van der Waals surface area (Å²) in [6, 6.07) is 0. The number of fused-ring (bicyclic) bond motifs is 3. The lowest BCUT2D eigenvalue weighted by atomic mass is 9.90. The van der Waals surface area contributed by atoms with E-state index in [0.717, 1.165) is 74.5 Å². The van der Waals surface area contributed by atoms with Gasteiger partial charge in [0.2, 0.25) is 0 Å². The van der Waals surface area contributed by atoms with Gasteiger partial charge in [-0.3, -0.25) is 4.90 Å². The molecule has 1 saturated heterocycles. The quantitative estimate of drug-likeness (QED) is 0.359. The van der Waals surface area contributed by atoms with Gasteiger partial charge in [-0.15, -0.1) is 11.3 Å². The van der Waals surface area contributed by atoms with Gasteiger partial charge < -0.3 is 14.8 Å². The molecule has 30 heavy (non-hydrogen) atoms. The molecule has 8 heteroatoms. The van der Waals surface area contributed by atoms with Crippen LogP contribution >= 0.6 is 23.1 Å². The van der Waals surface area contributed by atoms with Crippen molar-refractivity contribution in [3.63, 3.8) is 0 Å². The number of nitrogens with zero attached hydrogens (tertiary/aromatic N) is 3. The summed E-state index contributed by atoms with van der Waals surface area (Å²) in [6.45, 7) is 15.3. The first-order valence-electron chi connectivity index (χ1n) is 11.1. The number of aromatic nitrogens is 2. The number of anilines is 1. The van der Waals surface area contributed by atoms with E-state index in [1.54, 1.807) is 23.1 Å². The van der Waals surface area contributed by atoms with Crippen LogP contribution in [0.15, 0.2) is 5.16 Å². The molecule has 1 N–H and O–H groups in total. The smallest absolute Gasteiger partial charge is 0.191 e. The van der Waals surface area contributed by atoms with Crippen LogP contribution in [0, 0.1) is 0 Å². The van der Waals surface area contributed by atoms with Crippen LogP contribution in [0.4, 0.5) is 5.82 Å². The first-order chi connectivity index (χ1) is 14.5. The van der Waals surface area contributed by atoms with Crippen molar-refractivity contribution in [2.45, 2.75) is 69.6 Å². The Kier molecular flexibility index (Phi) is 7.19. The normalized spacial score (nSPS) is 22.6. The van der Waals surface area contributed by atoms with Gasteiger partial charge >= 0.3 is 0 Å². The van der Waals surface area contributed by atoms with E-state index >= 15 is 0 Å². The zero-order chi connectivity index (χ0) is 21.1. The Morgan fingerprint density at radius 1 is 1.27 bits per heavy atom. The zero-order valence-corrected chi connectivity index (χ0v) is 20.3. The third-order valence-electron chi connectivity index (χ3n) is 5.95. The van der Waals surface area contributed by atoms with Gasteiger partial charge in [0.05, 0.1) is 30.8 Å². The van der Waals surface area contributed by atoms with Crippen molar-refractivity contribution in [3.8, 4) is 0 Å². The molecule has 6 nitrogen and oxygen atoms in total. The second-order valence-corrected chi connectivity index (χ2v) is 11.3. The predicted molar refractivity (Wildman–Crippen MR) is 126 cm³/mol. The second kappa shape index (κ2) is 9.69. The van der Waals surface area contributed by atoms with Gasteiger partial charge in [0.1, 0.15) is 10.6 Å². The number of morpholine rings is 1. The monoisotopic (exact) mass is 450 g/mol. The van der Waals surface area contributed by atoms with Gasteiger partial charge in [-0.25, -0.2) is 9.97 Å². The summed E-state index contributed by atoms with van der Waals surface area (Å²) < 4.78 is 11.6. The maximum Gasteiger partial charge on any atom is 0.191 e. The molecule has 0 bridgehead atoms. The molecule has 166 valence electrons. The molecule has 0 unspecified atom stereocenters. The lowest BCUT2D eigenvalue weighted by Crippen LogP contribution is -2.37. The third kappa shape index (κ3) is 5.10. The van der Waals surface area contributed by atoms with Crippen LogP contribution in [-0.4, -0.2) is 65.1 Å². The highest BCUT2D eigenvalue weighted by Crippen LogP contribution is 2.42. The average Bonchev–Trinajstić information content (AvgIpc) is 3.08. The molecule has 0 amide bonds. The van der Waals surface area contributed by atoms with Crippen LogP contribution in [0.5, 0.6) is 0 Å². The molecule has 4 heterocycles. The summed E-state index contributed by atoms with van der Waals surface area (Å²) in [4.78, 5) is 14.8. The molecule has 0 saturated carbocycles. The molecule has 4 rings (SSSR count). The third-order valence-corrected chi connectivity index (χ3v) is 7.92. The fraction of sp³-hybridized carbons (Fsp3) is 0.727. The summed E-state index contributed by atoms with van der Waals surface area (Å²) in [5.41, 5.74) is 1.29. The highest BCUT2D eigenvalue weighted by Gasteiger charge is 2.33. The second-order valence-electron chi connectivity index (χ2n) is 8.71. The minimum atomic E-state index is -0.0973. The Bertz CT molecular complexity index is 866. The molecule has 1 atom stereocenters. The Morgan fingerprint density at radius 3 is 2.80 bits per heavy atom. The number of ether oxygens (including phenoxy) is 2. The van der Waals surface area contributed by atoms with Gasteiger partial charge in [-0.05, 0) is 31.9 Å². The molecule has 2 aliphatic heterocycles. The van der Waals surface area contributed by atoms with Crippen LogP contribution in [0.25, 0.3) is 10.2 Å². The lowest BCUT2D eigenvalue weighted by molar-refractivity contribution is -0.0542. The van der Waals surface area contributed by atoms with E-state index in [2.05, 4.69) is 37.9 Å². The number of hydrogen-bond acceptors (Lipinski definition) is 8. The van der Waals surface area contributed by atoms with Crippen LogP contribution in [0.1, 0.15) is 51.0 Å². The maximum atomic E-state index is 6.19. The molecular formula is C22H34N4O2S2. The molecule has 2 aliphatic rings. The molecule has 1 fully saturated rings. The largest absolute Gasteiger partial charge is 0.379 e. The van der Waals surface area contributed by atoms with Crippen LogP contribution < -0.4 is 5.32 Å². The van der Waals surface area contributed by atoms with Crippen LogP contribution in [0.2, 0.25) is 0 Å². The molecule has 0 radical (unpaired) electrons. The molecule has 0 aliphatic carbocycles. The molecule has 0 aromatic carbocycles. The van der Waals surface area contributed by atoms with Crippen LogP contribution in [0.3, 0.4) is 0 Å². The summed E-state index contributed by atoms with van der Waals surface area (Å²) in [6.07, 6.45) is 3.04. The van der Waals surface area contributed by atoms with E-state index in [0.29, 0.717) is 11.9 Å². The van der Waals surface area contributed by atoms with E-state index in [-0.39, 0.29) is 5.60 Å². The van der Waals surface area contributed by atoms with Gasteiger partial charge in [0.25, 0.3) is 0 Å². The Morgan fingerprint density at radius 2 is 2.07 bits per heavy atom.